The van der Waals surface area contributed by atoms with E-state index in [2.05, 4.69) is 21.1 Å². The zero-order valence-electron chi connectivity index (χ0n) is 15.0. The highest BCUT2D eigenvalue weighted by Crippen LogP contribution is 2.24. The van der Waals surface area contributed by atoms with Gasteiger partial charge in [0.25, 0.3) is 0 Å². The first-order chi connectivity index (χ1) is 11.2. The Morgan fingerprint density at radius 2 is 1.71 bits per heavy atom. The van der Waals surface area contributed by atoms with E-state index in [4.69, 9.17) is 23.7 Å². The van der Waals surface area contributed by atoms with Crippen molar-refractivity contribution in [2.45, 2.75) is 30.7 Å². The fraction of sp³-hybridized carbons (Fsp3) is 0.933. The Balaban J connectivity index is 2.42. The lowest BCUT2D eigenvalue weighted by atomic mass is 9.98. The SMILES string of the molecule is COC1OC(C(=O)OCCOCC[N+](C)(C)C)C(OC)C(O)C1O. The summed E-state index contributed by atoms with van der Waals surface area (Å²) in [7, 11) is 8.78. The molecule has 9 nitrogen and oxygen atoms in total. The van der Waals surface area contributed by atoms with E-state index in [0.29, 0.717) is 6.61 Å². The zero-order chi connectivity index (χ0) is 18.3. The molecule has 5 atom stereocenters. The lowest BCUT2D eigenvalue weighted by Gasteiger charge is -2.40. The maximum atomic E-state index is 12.1. The molecule has 0 radical (unpaired) electrons. The maximum absolute atomic E-state index is 12.1. The summed E-state index contributed by atoms with van der Waals surface area (Å²) >= 11 is 0. The quantitative estimate of drug-likeness (QED) is 0.289. The molecule has 1 rings (SSSR count). The Labute approximate surface area is 142 Å². The molecule has 0 amide bonds. The van der Waals surface area contributed by atoms with E-state index in [1.54, 1.807) is 0 Å². The summed E-state index contributed by atoms with van der Waals surface area (Å²) in [5.41, 5.74) is 0. The Morgan fingerprint density at radius 1 is 1.04 bits per heavy atom. The summed E-state index contributed by atoms with van der Waals surface area (Å²) in [5, 5.41) is 19.8. The van der Waals surface area contributed by atoms with Gasteiger partial charge in [0.1, 0.15) is 31.5 Å². The van der Waals surface area contributed by atoms with Crippen molar-refractivity contribution in [3.8, 4) is 0 Å². The number of methoxy groups -OCH3 is 2. The van der Waals surface area contributed by atoms with E-state index >= 15 is 0 Å². The minimum Gasteiger partial charge on any atom is -0.461 e. The molecule has 1 heterocycles. The molecule has 0 aromatic heterocycles. The van der Waals surface area contributed by atoms with Crippen LogP contribution in [-0.2, 0) is 28.5 Å². The molecular formula is C15H30NO8+. The molecule has 1 saturated heterocycles. The number of nitrogens with zero attached hydrogens (tertiary/aromatic N) is 1. The number of carbonyl (C=O) groups is 1. The number of carbonyl (C=O) groups excluding carboxylic acids is 1. The molecule has 5 unspecified atom stereocenters. The van der Waals surface area contributed by atoms with Crippen LogP contribution in [-0.4, -0.2) is 113 Å². The van der Waals surface area contributed by atoms with Gasteiger partial charge in [-0.1, -0.05) is 0 Å². The van der Waals surface area contributed by atoms with Crippen LogP contribution in [0.1, 0.15) is 0 Å². The van der Waals surface area contributed by atoms with Crippen LogP contribution in [0.3, 0.4) is 0 Å². The number of quaternary nitrogens is 1. The number of hydrogen-bond acceptors (Lipinski definition) is 8. The van der Waals surface area contributed by atoms with Gasteiger partial charge in [-0.3, -0.25) is 0 Å². The van der Waals surface area contributed by atoms with E-state index < -0.39 is 36.7 Å². The number of likely N-dealkylation sites (N-methyl/N-ethyl adjacent to an activating group) is 1. The Morgan fingerprint density at radius 3 is 2.25 bits per heavy atom. The highest BCUT2D eigenvalue weighted by atomic mass is 16.7. The summed E-state index contributed by atoms with van der Waals surface area (Å²) < 4.78 is 26.6. The normalized spacial score (nSPS) is 31.0. The van der Waals surface area contributed by atoms with Gasteiger partial charge in [0.05, 0.1) is 34.4 Å². The molecule has 0 aromatic rings. The monoisotopic (exact) mass is 352 g/mol. The van der Waals surface area contributed by atoms with E-state index in [0.717, 1.165) is 11.0 Å². The summed E-state index contributed by atoms with van der Waals surface area (Å²) in [6.07, 6.45) is -6.01. The highest BCUT2D eigenvalue weighted by Gasteiger charge is 2.48. The smallest absolute Gasteiger partial charge is 0.338 e. The van der Waals surface area contributed by atoms with Gasteiger partial charge in [-0.25, -0.2) is 4.79 Å². The molecular weight excluding hydrogens is 322 g/mol. The van der Waals surface area contributed by atoms with Gasteiger partial charge in [0.2, 0.25) is 0 Å². The van der Waals surface area contributed by atoms with Crippen LogP contribution in [0.2, 0.25) is 0 Å². The van der Waals surface area contributed by atoms with Gasteiger partial charge in [-0.2, -0.15) is 0 Å². The molecule has 0 aromatic carbocycles. The van der Waals surface area contributed by atoms with Crippen molar-refractivity contribution in [2.75, 3.05) is 61.7 Å². The van der Waals surface area contributed by atoms with Crippen LogP contribution >= 0.6 is 0 Å². The van der Waals surface area contributed by atoms with Crippen molar-refractivity contribution in [1.82, 2.24) is 0 Å². The average Bonchev–Trinajstić information content (AvgIpc) is 2.51. The standard InChI is InChI=1S/C15H30NO8/c1-16(2,3)6-7-22-8-9-23-14(19)13-12(20-4)10(17)11(18)15(21-5)24-13/h10-13,15,17-18H,6-9H2,1-5H3/q+1. The van der Waals surface area contributed by atoms with Gasteiger partial charge in [-0.15, -0.1) is 0 Å². The second-order valence-electron chi connectivity index (χ2n) is 6.64. The largest absolute Gasteiger partial charge is 0.461 e. The number of rotatable bonds is 9. The first-order valence-corrected chi connectivity index (χ1v) is 7.83. The van der Waals surface area contributed by atoms with Crippen molar-refractivity contribution in [3.05, 3.63) is 0 Å². The van der Waals surface area contributed by atoms with Crippen LogP contribution in [0.15, 0.2) is 0 Å². The van der Waals surface area contributed by atoms with Crippen LogP contribution in [0, 0.1) is 0 Å². The fourth-order valence-corrected chi connectivity index (χ4v) is 2.21. The maximum Gasteiger partial charge on any atom is 0.338 e. The van der Waals surface area contributed by atoms with Crippen molar-refractivity contribution in [2.24, 2.45) is 0 Å². The van der Waals surface area contributed by atoms with Gasteiger partial charge in [-0.05, 0) is 0 Å². The minimum absolute atomic E-state index is 0.0581. The van der Waals surface area contributed by atoms with Crippen molar-refractivity contribution in [1.29, 1.82) is 0 Å². The van der Waals surface area contributed by atoms with E-state index in [1.807, 2.05) is 0 Å². The predicted octanol–water partition coefficient (Wildman–Crippen LogP) is -1.64. The highest BCUT2D eigenvalue weighted by molar-refractivity contribution is 5.75. The molecule has 0 spiro atoms. The fourth-order valence-electron chi connectivity index (χ4n) is 2.21. The van der Waals surface area contributed by atoms with Gasteiger partial charge >= 0.3 is 5.97 Å². The van der Waals surface area contributed by atoms with E-state index in [9.17, 15) is 15.0 Å². The number of aliphatic hydroxyl groups is 2. The minimum atomic E-state index is -1.33. The molecule has 2 N–H and O–H groups in total. The van der Waals surface area contributed by atoms with E-state index in [1.165, 1.54) is 14.2 Å². The third-order valence-corrected chi connectivity index (χ3v) is 3.66. The lowest BCUT2D eigenvalue weighted by Crippen LogP contribution is -2.61. The first-order valence-electron chi connectivity index (χ1n) is 7.83. The summed E-state index contributed by atoms with van der Waals surface area (Å²) in [5.74, 6) is -0.704. The Hall–Kier alpha value is -0.810. The van der Waals surface area contributed by atoms with Crippen molar-refractivity contribution in [3.63, 3.8) is 0 Å². The summed E-state index contributed by atoms with van der Waals surface area (Å²) in [4.78, 5) is 12.1. The third kappa shape index (κ3) is 6.25. The molecule has 1 fully saturated rings. The number of hydrogen-bond donors (Lipinski definition) is 2. The molecule has 0 saturated carbocycles. The van der Waals surface area contributed by atoms with Gasteiger partial charge < -0.3 is 38.4 Å². The predicted molar refractivity (Wildman–Crippen MR) is 83.2 cm³/mol. The molecule has 9 heteroatoms. The summed E-state index contributed by atoms with van der Waals surface area (Å²) in [6, 6.07) is 0. The third-order valence-electron chi connectivity index (χ3n) is 3.66. The molecule has 0 bridgehead atoms. The second-order valence-corrected chi connectivity index (χ2v) is 6.64. The lowest BCUT2D eigenvalue weighted by molar-refractivity contribution is -0.870. The first kappa shape index (κ1) is 21.2. The average molecular weight is 352 g/mol. The molecule has 1 aliphatic heterocycles. The van der Waals surface area contributed by atoms with Gasteiger partial charge in [0, 0.05) is 14.2 Å². The van der Waals surface area contributed by atoms with Crippen LogP contribution in [0.25, 0.3) is 0 Å². The molecule has 0 aliphatic carbocycles. The van der Waals surface area contributed by atoms with Crippen LogP contribution in [0.5, 0.6) is 0 Å². The molecule has 1 aliphatic rings. The molecule has 142 valence electrons. The number of ether oxygens (including phenoxy) is 5. The van der Waals surface area contributed by atoms with E-state index in [-0.39, 0.29) is 13.2 Å². The van der Waals surface area contributed by atoms with Crippen molar-refractivity contribution < 1.29 is 43.2 Å². The molecule has 24 heavy (non-hydrogen) atoms. The number of aliphatic hydroxyl groups excluding tert-OH is 2. The Bertz CT molecular complexity index is 386. The van der Waals surface area contributed by atoms with Crippen LogP contribution < -0.4 is 0 Å². The zero-order valence-corrected chi connectivity index (χ0v) is 15.0. The van der Waals surface area contributed by atoms with Gasteiger partial charge in [0.15, 0.2) is 12.4 Å². The Kier molecular flexibility index (Phi) is 8.51. The topological polar surface area (TPSA) is 104 Å². The second kappa shape index (κ2) is 9.62. The number of esters is 1. The van der Waals surface area contributed by atoms with Crippen molar-refractivity contribution >= 4 is 5.97 Å². The van der Waals surface area contributed by atoms with Crippen LogP contribution in [0.4, 0.5) is 0 Å². The summed E-state index contributed by atoms with van der Waals surface area (Å²) in [6.45, 7) is 1.71.